The smallest absolute Gasteiger partial charge is 0.0894 e. The predicted octanol–water partition coefficient (Wildman–Crippen LogP) is 4.96. The Bertz CT molecular complexity index is 466. The zero-order valence-corrected chi connectivity index (χ0v) is 13.5. The van der Waals surface area contributed by atoms with Crippen LogP contribution in [0.5, 0.6) is 0 Å². The van der Waals surface area contributed by atoms with Crippen molar-refractivity contribution in [3.8, 4) is 0 Å². The highest BCUT2D eigenvalue weighted by molar-refractivity contribution is 5.44. The molecular weight excluding hydrogens is 234 g/mol. The quantitative estimate of drug-likeness (QED) is 0.682. The van der Waals surface area contributed by atoms with Gasteiger partial charge in [-0.15, -0.1) is 0 Å². The van der Waals surface area contributed by atoms with Crippen molar-refractivity contribution in [1.82, 2.24) is 4.98 Å². The summed E-state index contributed by atoms with van der Waals surface area (Å²) in [5.41, 5.74) is 5.22. The molecule has 2 heteroatoms. The molecule has 1 aliphatic rings. The van der Waals surface area contributed by atoms with Gasteiger partial charge < -0.3 is 10.1 Å². The Morgan fingerprint density at radius 2 is 1.79 bits per heavy atom. The van der Waals surface area contributed by atoms with Crippen molar-refractivity contribution in [3.05, 3.63) is 34.3 Å². The molecule has 1 atom stereocenters. The molecule has 0 amide bonds. The molecular formula is C17H29NO. The van der Waals surface area contributed by atoms with Gasteiger partial charge in [0, 0.05) is 23.2 Å². The summed E-state index contributed by atoms with van der Waals surface area (Å²) >= 11 is 0. The predicted molar refractivity (Wildman–Crippen MR) is 82.8 cm³/mol. The van der Waals surface area contributed by atoms with Crippen LogP contribution in [-0.4, -0.2) is 10.1 Å². The topological polar surface area (TPSA) is 36.0 Å². The second kappa shape index (κ2) is 5.85. The van der Waals surface area contributed by atoms with Crippen LogP contribution in [-0.2, 0) is 11.8 Å². The molecule has 0 saturated heterocycles. The van der Waals surface area contributed by atoms with Crippen LogP contribution in [0.1, 0.15) is 63.6 Å². The Labute approximate surface area is 117 Å². The molecule has 0 bridgehead atoms. The fourth-order valence-corrected chi connectivity index (χ4v) is 3.15. The fourth-order valence-electron chi connectivity index (χ4n) is 3.15. The van der Waals surface area contributed by atoms with E-state index in [1.807, 2.05) is 19.9 Å². The summed E-state index contributed by atoms with van der Waals surface area (Å²) in [6.07, 6.45) is 3.81. The van der Waals surface area contributed by atoms with Crippen LogP contribution in [0.4, 0.5) is 0 Å². The highest BCUT2D eigenvalue weighted by atomic mass is 16.3. The van der Waals surface area contributed by atoms with Crippen molar-refractivity contribution in [2.45, 2.75) is 66.7 Å². The molecule has 1 unspecified atom stereocenters. The molecule has 1 aromatic rings. The lowest BCUT2D eigenvalue weighted by atomic mass is 9.77. The molecule has 1 aliphatic carbocycles. The van der Waals surface area contributed by atoms with Gasteiger partial charge in [0.1, 0.15) is 0 Å². The summed E-state index contributed by atoms with van der Waals surface area (Å²) in [4.78, 5) is 3.52. The van der Waals surface area contributed by atoms with Crippen LogP contribution in [0.2, 0.25) is 0 Å². The van der Waals surface area contributed by atoms with E-state index >= 15 is 0 Å². The zero-order valence-electron chi connectivity index (χ0n) is 13.5. The van der Waals surface area contributed by atoms with Crippen molar-refractivity contribution >= 4 is 0 Å². The number of hydrogen-bond acceptors (Lipinski definition) is 1. The minimum atomic E-state index is -0.0889. The number of hydrogen-bond donors (Lipinski definition) is 2. The summed E-state index contributed by atoms with van der Waals surface area (Å²) in [5, 5.41) is 9.99. The van der Waals surface area contributed by atoms with Gasteiger partial charge in [0.2, 0.25) is 0 Å². The van der Waals surface area contributed by atoms with E-state index in [1.165, 1.54) is 22.5 Å². The second-order valence-electron chi connectivity index (χ2n) is 6.10. The van der Waals surface area contributed by atoms with Gasteiger partial charge >= 0.3 is 0 Å². The molecule has 0 fully saturated rings. The SMILES string of the molecule is CC.Cc1[nH]c2c(c1C)C(C)(C)/C=C(/O)CC(C)C2. The highest BCUT2D eigenvalue weighted by Crippen LogP contribution is 2.37. The van der Waals surface area contributed by atoms with Crippen molar-refractivity contribution in [2.75, 3.05) is 0 Å². The standard InChI is InChI=1S/C15H23NO.C2H6/c1-9-6-12(17)8-15(4,5)14-10(2)11(3)16-13(14)7-9;1-2/h8-9,16-17H,6-7H2,1-5H3;1-2H3/b12-8+;. The van der Waals surface area contributed by atoms with E-state index in [2.05, 4.69) is 39.6 Å². The summed E-state index contributed by atoms with van der Waals surface area (Å²) in [6.45, 7) is 14.8. The van der Waals surface area contributed by atoms with Gasteiger partial charge in [-0.25, -0.2) is 0 Å². The maximum atomic E-state index is 9.99. The lowest BCUT2D eigenvalue weighted by Gasteiger charge is -2.27. The molecule has 2 nitrogen and oxygen atoms in total. The molecule has 1 aromatic heterocycles. The van der Waals surface area contributed by atoms with Crippen molar-refractivity contribution < 1.29 is 5.11 Å². The van der Waals surface area contributed by atoms with Crippen molar-refractivity contribution in [3.63, 3.8) is 0 Å². The van der Waals surface area contributed by atoms with Crippen LogP contribution in [0, 0.1) is 19.8 Å². The maximum Gasteiger partial charge on any atom is 0.0894 e. The molecule has 0 spiro atoms. The van der Waals surface area contributed by atoms with Gasteiger partial charge in [-0.1, -0.05) is 34.6 Å². The average molecular weight is 263 g/mol. The molecule has 0 aromatic carbocycles. The van der Waals surface area contributed by atoms with Crippen molar-refractivity contribution in [2.24, 2.45) is 5.92 Å². The van der Waals surface area contributed by atoms with Crippen LogP contribution >= 0.6 is 0 Å². The third-order valence-corrected chi connectivity index (χ3v) is 3.86. The van der Waals surface area contributed by atoms with Gasteiger partial charge in [0.05, 0.1) is 5.76 Å². The molecule has 2 rings (SSSR count). The first-order valence-corrected chi connectivity index (χ1v) is 7.40. The number of H-pyrrole nitrogens is 1. The Hall–Kier alpha value is -1.18. The van der Waals surface area contributed by atoms with E-state index in [0.29, 0.717) is 11.7 Å². The minimum Gasteiger partial charge on any atom is -0.513 e. The van der Waals surface area contributed by atoms with Crippen LogP contribution in [0.25, 0.3) is 0 Å². The number of aliphatic hydroxyl groups is 1. The van der Waals surface area contributed by atoms with Crippen LogP contribution < -0.4 is 0 Å². The van der Waals surface area contributed by atoms with E-state index in [1.54, 1.807) is 0 Å². The van der Waals surface area contributed by atoms with E-state index in [9.17, 15) is 5.11 Å². The number of aryl methyl sites for hydroxylation is 1. The molecule has 0 saturated carbocycles. The normalized spacial score (nSPS) is 24.2. The largest absolute Gasteiger partial charge is 0.513 e. The average Bonchev–Trinajstić information content (AvgIpc) is 2.54. The van der Waals surface area contributed by atoms with Gasteiger partial charge in [0.25, 0.3) is 0 Å². The molecule has 108 valence electrons. The fraction of sp³-hybridized carbons (Fsp3) is 0.647. The number of fused-ring (bicyclic) bond motifs is 1. The molecule has 0 radical (unpaired) electrons. The number of rotatable bonds is 0. The molecule has 0 aliphatic heterocycles. The number of nitrogens with one attached hydrogen (secondary N) is 1. The number of aliphatic hydroxyl groups excluding tert-OH is 1. The first-order chi connectivity index (χ1) is 8.81. The first kappa shape index (κ1) is 15.9. The van der Waals surface area contributed by atoms with Crippen LogP contribution in [0.3, 0.4) is 0 Å². The van der Waals surface area contributed by atoms with E-state index < -0.39 is 0 Å². The second-order valence-corrected chi connectivity index (χ2v) is 6.10. The van der Waals surface area contributed by atoms with Gasteiger partial charge in [-0.2, -0.15) is 0 Å². The first-order valence-electron chi connectivity index (χ1n) is 7.40. The molecule has 19 heavy (non-hydrogen) atoms. The summed E-state index contributed by atoms with van der Waals surface area (Å²) in [6, 6.07) is 0. The Morgan fingerprint density at radius 3 is 2.37 bits per heavy atom. The summed E-state index contributed by atoms with van der Waals surface area (Å²) < 4.78 is 0. The summed E-state index contributed by atoms with van der Waals surface area (Å²) in [7, 11) is 0. The van der Waals surface area contributed by atoms with E-state index in [0.717, 1.165) is 12.8 Å². The van der Waals surface area contributed by atoms with E-state index in [-0.39, 0.29) is 5.41 Å². The molecule has 1 heterocycles. The van der Waals surface area contributed by atoms with Crippen molar-refractivity contribution in [1.29, 1.82) is 0 Å². The Morgan fingerprint density at radius 1 is 1.21 bits per heavy atom. The number of aromatic amines is 1. The number of aromatic nitrogens is 1. The Balaban J connectivity index is 0.000000861. The third-order valence-electron chi connectivity index (χ3n) is 3.86. The van der Waals surface area contributed by atoms with Gasteiger partial charge in [-0.05, 0) is 43.4 Å². The van der Waals surface area contributed by atoms with Gasteiger partial charge in [0.15, 0.2) is 0 Å². The summed E-state index contributed by atoms with van der Waals surface area (Å²) in [5.74, 6) is 1.02. The Kier molecular flexibility index (Phi) is 4.89. The minimum absolute atomic E-state index is 0.0889. The van der Waals surface area contributed by atoms with E-state index in [4.69, 9.17) is 0 Å². The van der Waals surface area contributed by atoms with Crippen LogP contribution in [0.15, 0.2) is 11.8 Å². The lowest BCUT2D eigenvalue weighted by Crippen LogP contribution is -2.21. The highest BCUT2D eigenvalue weighted by Gasteiger charge is 2.29. The lowest BCUT2D eigenvalue weighted by molar-refractivity contribution is 0.342. The maximum absolute atomic E-state index is 9.99. The van der Waals surface area contributed by atoms with Gasteiger partial charge in [-0.3, -0.25) is 0 Å². The molecule has 2 N–H and O–H groups in total. The number of allylic oxidation sites excluding steroid dienone is 2. The zero-order chi connectivity index (χ0) is 14.8. The third kappa shape index (κ3) is 3.23. The monoisotopic (exact) mass is 263 g/mol.